The molecule has 0 aliphatic rings. The van der Waals surface area contributed by atoms with Gasteiger partial charge in [-0.25, -0.2) is 5.43 Å². The molecule has 0 unspecified atom stereocenters. The summed E-state index contributed by atoms with van der Waals surface area (Å²) in [5.74, 6) is -1.52. The number of nitrogens with one attached hydrogen (secondary N) is 1. The Morgan fingerprint density at radius 3 is 2.65 bits per heavy atom. The first-order valence-corrected chi connectivity index (χ1v) is 6.49. The smallest absolute Gasteiger partial charge is 0.311 e. The molecule has 0 aromatic heterocycles. The number of amides is 1. The Balaban J connectivity index is 2.16. The first-order valence-electron chi connectivity index (χ1n) is 6.49. The molecule has 0 saturated heterocycles. The van der Waals surface area contributed by atoms with Gasteiger partial charge in [-0.05, 0) is 19.1 Å². The number of hydrazone groups is 1. The van der Waals surface area contributed by atoms with Gasteiger partial charge in [-0.15, -0.1) is 0 Å². The number of carbonyl (C=O) groups is 1. The van der Waals surface area contributed by atoms with Crippen LogP contribution >= 0.6 is 0 Å². The van der Waals surface area contributed by atoms with Crippen LogP contribution in [0, 0.1) is 17.0 Å². The van der Waals surface area contributed by atoms with Gasteiger partial charge in [0.25, 0.3) is 5.91 Å². The summed E-state index contributed by atoms with van der Waals surface area (Å²) in [6, 6.07) is 8.64. The maximum absolute atomic E-state index is 11.9. The van der Waals surface area contributed by atoms with Crippen molar-refractivity contribution in [1.82, 2.24) is 5.43 Å². The first kappa shape index (κ1) is 16.0. The van der Waals surface area contributed by atoms with E-state index in [4.69, 9.17) is 0 Å². The number of rotatable bonds is 4. The average molecular weight is 315 g/mol. The van der Waals surface area contributed by atoms with E-state index in [0.717, 1.165) is 23.9 Å². The minimum atomic E-state index is -0.794. The second-order valence-electron chi connectivity index (χ2n) is 4.73. The minimum absolute atomic E-state index is 0.0148. The SMILES string of the molecule is Cc1cccc(C(=O)N/N=C/c2cc([N+](=O)[O-])c(O)cc2O)c1. The summed E-state index contributed by atoms with van der Waals surface area (Å²) in [6.07, 6.45) is 1.05. The molecule has 1 amide bonds. The minimum Gasteiger partial charge on any atom is -0.507 e. The van der Waals surface area contributed by atoms with E-state index in [1.165, 1.54) is 0 Å². The molecule has 0 bridgehead atoms. The molecule has 3 N–H and O–H groups in total. The maximum Gasteiger partial charge on any atom is 0.311 e. The predicted molar refractivity (Wildman–Crippen MR) is 82.7 cm³/mol. The van der Waals surface area contributed by atoms with Crippen LogP contribution in [0.4, 0.5) is 5.69 Å². The van der Waals surface area contributed by atoms with Crippen molar-refractivity contribution in [2.75, 3.05) is 0 Å². The molecule has 0 saturated carbocycles. The molecule has 2 aromatic carbocycles. The standard InChI is InChI=1S/C15H13N3O5/c1-9-3-2-4-10(5-9)15(21)17-16-8-11-6-12(18(22)23)14(20)7-13(11)19/h2-8,19-20H,1H3,(H,17,21)/b16-8+. The number of nitro benzene ring substituents is 1. The molecule has 2 rings (SSSR count). The largest absolute Gasteiger partial charge is 0.507 e. The third-order valence-corrected chi connectivity index (χ3v) is 2.97. The summed E-state index contributed by atoms with van der Waals surface area (Å²) >= 11 is 0. The number of hydrogen-bond acceptors (Lipinski definition) is 6. The summed E-state index contributed by atoms with van der Waals surface area (Å²) < 4.78 is 0. The number of aromatic hydroxyl groups is 2. The van der Waals surface area contributed by atoms with Crippen molar-refractivity contribution in [3.63, 3.8) is 0 Å². The van der Waals surface area contributed by atoms with Gasteiger partial charge in [-0.3, -0.25) is 14.9 Å². The van der Waals surface area contributed by atoms with Gasteiger partial charge in [0.05, 0.1) is 11.1 Å². The van der Waals surface area contributed by atoms with Crippen molar-refractivity contribution >= 4 is 17.8 Å². The van der Waals surface area contributed by atoms with Crippen molar-refractivity contribution in [3.05, 3.63) is 63.2 Å². The zero-order valence-corrected chi connectivity index (χ0v) is 12.1. The highest BCUT2D eigenvalue weighted by molar-refractivity contribution is 5.95. The number of phenolic OH excluding ortho intramolecular Hbond substituents is 2. The fourth-order valence-electron chi connectivity index (χ4n) is 1.84. The van der Waals surface area contributed by atoms with Gasteiger partial charge in [0, 0.05) is 23.3 Å². The monoisotopic (exact) mass is 315 g/mol. The fourth-order valence-corrected chi connectivity index (χ4v) is 1.84. The molecular weight excluding hydrogens is 302 g/mol. The Labute approximate surface area is 130 Å². The van der Waals surface area contributed by atoms with Crippen LogP contribution in [-0.4, -0.2) is 27.3 Å². The molecule has 23 heavy (non-hydrogen) atoms. The zero-order chi connectivity index (χ0) is 17.0. The summed E-state index contributed by atoms with van der Waals surface area (Å²) in [4.78, 5) is 21.8. The van der Waals surface area contributed by atoms with Crippen LogP contribution < -0.4 is 5.43 Å². The van der Waals surface area contributed by atoms with Crippen molar-refractivity contribution < 1.29 is 19.9 Å². The number of carbonyl (C=O) groups excluding carboxylic acids is 1. The Morgan fingerprint density at radius 1 is 1.26 bits per heavy atom. The normalized spacial score (nSPS) is 10.7. The Morgan fingerprint density at radius 2 is 2.00 bits per heavy atom. The highest BCUT2D eigenvalue weighted by atomic mass is 16.6. The first-order chi connectivity index (χ1) is 10.9. The number of hydrogen-bond donors (Lipinski definition) is 3. The number of nitrogens with zero attached hydrogens (tertiary/aromatic N) is 2. The van der Waals surface area contributed by atoms with E-state index in [0.29, 0.717) is 5.56 Å². The number of phenols is 2. The van der Waals surface area contributed by atoms with E-state index in [2.05, 4.69) is 10.5 Å². The van der Waals surface area contributed by atoms with Gasteiger partial charge >= 0.3 is 5.69 Å². The van der Waals surface area contributed by atoms with E-state index in [1.807, 2.05) is 13.0 Å². The van der Waals surface area contributed by atoms with Gasteiger partial charge in [-0.1, -0.05) is 17.7 Å². The molecule has 8 heteroatoms. The third kappa shape index (κ3) is 3.82. The van der Waals surface area contributed by atoms with Gasteiger partial charge in [0.1, 0.15) is 5.75 Å². The van der Waals surface area contributed by atoms with E-state index >= 15 is 0 Å². The van der Waals surface area contributed by atoms with Gasteiger partial charge < -0.3 is 10.2 Å². The third-order valence-electron chi connectivity index (χ3n) is 2.97. The van der Waals surface area contributed by atoms with Gasteiger partial charge in [0.15, 0.2) is 5.75 Å². The molecule has 0 atom stereocenters. The van der Waals surface area contributed by atoms with E-state index < -0.39 is 28.0 Å². The van der Waals surface area contributed by atoms with Crippen LogP contribution in [0.2, 0.25) is 0 Å². The lowest BCUT2D eigenvalue weighted by atomic mass is 10.1. The van der Waals surface area contributed by atoms with Crippen LogP contribution in [0.3, 0.4) is 0 Å². The fraction of sp³-hybridized carbons (Fsp3) is 0.0667. The number of nitro groups is 1. The molecular formula is C15H13N3O5. The topological polar surface area (TPSA) is 125 Å². The summed E-state index contributed by atoms with van der Waals surface area (Å²) in [7, 11) is 0. The number of benzene rings is 2. The quantitative estimate of drug-likeness (QED) is 0.452. The summed E-state index contributed by atoms with van der Waals surface area (Å²) in [6.45, 7) is 1.84. The van der Waals surface area contributed by atoms with Crippen molar-refractivity contribution in [3.8, 4) is 11.5 Å². The maximum atomic E-state index is 11.9. The van der Waals surface area contributed by atoms with Crippen LogP contribution in [-0.2, 0) is 0 Å². The molecule has 8 nitrogen and oxygen atoms in total. The van der Waals surface area contributed by atoms with Gasteiger partial charge in [0.2, 0.25) is 0 Å². The molecule has 0 aliphatic carbocycles. The zero-order valence-electron chi connectivity index (χ0n) is 12.1. The van der Waals surface area contributed by atoms with Gasteiger partial charge in [-0.2, -0.15) is 5.10 Å². The molecule has 2 aromatic rings. The highest BCUT2D eigenvalue weighted by Crippen LogP contribution is 2.31. The Bertz CT molecular complexity index is 802. The Hall–Kier alpha value is -3.42. The lowest BCUT2D eigenvalue weighted by molar-refractivity contribution is -0.385. The van der Waals surface area contributed by atoms with Crippen LogP contribution in [0.1, 0.15) is 21.5 Å². The van der Waals surface area contributed by atoms with E-state index in [-0.39, 0.29) is 5.56 Å². The van der Waals surface area contributed by atoms with E-state index in [1.54, 1.807) is 18.2 Å². The Kier molecular flexibility index (Phi) is 4.55. The van der Waals surface area contributed by atoms with Crippen molar-refractivity contribution in [2.24, 2.45) is 5.10 Å². The molecule has 0 heterocycles. The highest BCUT2D eigenvalue weighted by Gasteiger charge is 2.16. The number of aryl methyl sites for hydroxylation is 1. The van der Waals surface area contributed by atoms with Crippen LogP contribution in [0.5, 0.6) is 11.5 Å². The van der Waals surface area contributed by atoms with Crippen molar-refractivity contribution in [1.29, 1.82) is 0 Å². The summed E-state index contributed by atoms with van der Waals surface area (Å²) in [5, 5.41) is 33.4. The predicted octanol–water partition coefficient (Wildman–Crippen LogP) is 2.08. The van der Waals surface area contributed by atoms with Crippen LogP contribution in [0.25, 0.3) is 0 Å². The lowest BCUT2D eigenvalue weighted by Crippen LogP contribution is -2.17. The second-order valence-corrected chi connectivity index (χ2v) is 4.73. The second kappa shape index (κ2) is 6.56. The van der Waals surface area contributed by atoms with Crippen LogP contribution in [0.15, 0.2) is 41.5 Å². The molecule has 0 spiro atoms. The van der Waals surface area contributed by atoms with E-state index in [9.17, 15) is 25.1 Å². The average Bonchev–Trinajstić information content (AvgIpc) is 2.48. The molecule has 0 radical (unpaired) electrons. The lowest BCUT2D eigenvalue weighted by Gasteiger charge is -2.02. The van der Waals surface area contributed by atoms with Crippen molar-refractivity contribution in [2.45, 2.75) is 6.92 Å². The molecule has 118 valence electrons. The molecule has 0 aliphatic heterocycles. The summed E-state index contributed by atoms with van der Waals surface area (Å²) in [5.41, 5.74) is 2.98. The molecule has 0 fully saturated rings.